The topological polar surface area (TPSA) is 42.2 Å². The van der Waals surface area contributed by atoms with Gasteiger partial charge in [-0.2, -0.15) is 0 Å². The van der Waals surface area contributed by atoms with Crippen molar-refractivity contribution in [2.75, 3.05) is 13.1 Å². The van der Waals surface area contributed by atoms with Gasteiger partial charge in [-0.3, -0.25) is 4.90 Å². The van der Waals surface area contributed by atoms with E-state index >= 15 is 0 Å². The summed E-state index contributed by atoms with van der Waals surface area (Å²) in [6.45, 7) is 9.76. The highest BCUT2D eigenvalue weighted by Gasteiger charge is 2.23. The number of aromatic nitrogens is 2. The minimum Gasteiger partial charge on any atom is -0.424 e. The van der Waals surface area contributed by atoms with Crippen molar-refractivity contribution in [2.45, 2.75) is 40.2 Å². The van der Waals surface area contributed by atoms with Crippen molar-refractivity contribution in [3.05, 3.63) is 11.8 Å². The van der Waals surface area contributed by atoms with Crippen LogP contribution in [0.2, 0.25) is 0 Å². The molecule has 90 valence electrons. The van der Waals surface area contributed by atoms with E-state index in [1.165, 1.54) is 6.42 Å². The molecule has 0 radical (unpaired) electrons. The van der Waals surface area contributed by atoms with Crippen LogP contribution >= 0.6 is 0 Å². The lowest BCUT2D eigenvalue weighted by molar-refractivity contribution is 0.123. The molecule has 1 aromatic rings. The maximum atomic E-state index is 5.54. The van der Waals surface area contributed by atoms with E-state index in [-0.39, 0.29) is 0 Å². The molecule has 2 heterocycles. The molecule has 2 atom stereocenters. The van der Waals surface area contributed by atoms with Crippen LogP contribution in [0.1, 0.15) is 39.0 Å². The van der Waals surface area contributed by atoms with Crippen molar-refractivity contribution in [1.29, 1.82) is 0 Å². The summed E-state index contributed by atoms with van der Waals surface area (Å²) >= 11 is 0. The largest absolute Gasteiger partial charge is 0.424 e. The molecule has 0 saturated carbocycles. The first-order valence-corrected chi connectivity index (χ1v) is 6.21. The summed E-state index contributed by atoms with van der Waals surface area (Å²) in [4.78, 5) is 2.42. The fourth-order valence-electron chi connectivity index (χ4n) is 2.61. The third kappa shape index (κ3) is 2.82. The Labute approximate surface area is 97.0 Å². The zero-order chi connectivity index (χ0) is 11.5. The molecule has 0 bridgehead atoms. The summed E-state index contributed by atoms with van der Waals surface area (Å²) in [5.74, 6) is 3.06. The standard InChI is InChI=1S/C12H21N3O/c1-4-11-13-14-12(16-11)8-15-6-9(2)5-10(3)7-15/h9-10H,4-8H2,1-3H3. The minimum absolute atomic E-state index is 0.744. The van der Waals surface area contributed by atoms with Gasteiger partial charge in [-0.05, 0) is 18.3 Å². The van der Waals surface area contributed by atoms with Gasteiger partial charge < -0.3 is 4.42 Å². The third-order valence-corrected chi connectivity index (χ3v) is 3.11. The monoisotopic (exact) mass is 223 g/mol. The fourth-order valence-corrected chi connectivity index (χ4v) is 2.61. The molecule has 0 spiro atoms. The second kappa shape index (κ2) is 4.95. The Hall–Kier alpha value is -0.900. The van der Waals surface area contributed by atoms with Gasteiger partial charge in [0.2, 0.25) is 11.8 Å². The molecule has 1 aromatic heterocycles. The Morgan fingerprint density at radius 1 is 1.19 bits per heavy atom. The number of likely N-dealkylation sites (tertiary alicyclic amines) is 1. The Balaban J connectivity index is 1.93. The molecule has 16 heavy (non-hydrogen) atoms. The van der Waals surface area contributed by atoms with Crippen LogP contribution in [0.25, 0.3) is 0 Å². The van der Waals surface area contributed by atoms with Gasteiger partial charge in [0.1, 0.15) is 0 Å². The van der Waals surface area contributed by atoms with Gasteiger partial charge in [-0.1, -0.05) is 20.8 Å². The van der Waals surface area contributed by atoms with E-state index < -0.39 is 0 Å². The Bertz CT molecular complexity index is 327. The van der Waals surface area contributed by atoms with Gasteiger partial charge >= 0.3 is 0 Å². The van der Waals surface area contributed by atoms with Crippen LogP contribution in [0.5, 0.6) is 0 Å². The van der Waals surface area contributed by atoms with Crippen LogP contribution in [0, 0.1) is 11.8 Å². The summed E-state index contributed by atoms with van der Waals surface area (Å²) in [6.07, 6.45) is 2.15. The molecule has 4 nitrogen and oxygen atoms in total. The lowest BCUT2D eigenvalue weighted by Gasteiger charge is -2.33. The highest BCUT2D eigenvalue weighted by atomic mass is 16.4. The van der Waals surface area contributed by atoms with E-state index in [2.05, 4.69) is 28.9 Å². The normalized spacial score (nSPS) is 27.2. The van der Waals surface area contributed by atoms with Crippen molar-refractivity contribution < 1.29 is 4.42 Å². The van der Waals surface area contributed by atoms with Crippen molar-refractivity contribution >= 4 is 0 Å². The number of nitrogens with zero attached hydrogens (tertiary/aromatic N) is 3. The summed E-state index contributed by atoms with van der Waals surface area (Å²) in [5.41, 5.74) is 0. The van der Waals surface area contributed by atoms with Crippen LogP contribution in [-0.4, -0.2) is 28.2 Å². The number of hydrogen-bond acceptors (Lipinski definition) is 4. The molecule has 0 N–H and O–H groups in total. The predicted octanol–water partition coefficient (Wildman–Crippen LogP) is 2.11. The quantitative estimate of drug-likeness (QED) is 0.787. The van der Waals surface area contributed by atoms with Crippen LogP contribution in [0.3, 0.4) is 0 Å². The zero-order valence-corrected chi connectivity index (χ0v) is 10.4. The summed E-state index contributed by atoms with van der Waals surface area (Å²) in [6, 6.07) is 0. The SMILES string of the molecule is CCc1nnc(CN2CC(C)CC(C)C2)o1. The van der Waals surface area contributed by atoms with Crippen LogP contribution in [0.4, 0.5) is 0 Å². The maximum absolute atomic E-state index is 5.54. The number of piperidine rings is 1. The van der Waals surface area contributed by atoms with Crippen molar-refractivity contribution in [3.8, 4) is 0 Å². The van der Waals surface area contributed by atoms with E-state index in [0.717, 1.165) is 49.7 Å². The van der Waals surface area contributed by atoms with E-state index in [1.54, 1.807) is 0 Å². The zero-order valence-electron chi connectivity index (χ0n) is 10.4. The van der Waals surface area contributed by atoms with Gasteiger partial charge in [0, 0.05) is 19.5 Å². The lowest BCUT2D eigenvalue weighted by atomic mass is 9.92. The van der Waals surface area contributed by atoms with Gasteiger partial charge in [0.05, 0.1) is 6.54 Å². The molecule has 1 aliphatic rings. The second-order valence-corrected chi connectivity index (χ2v) is 5.08. The van der Waals surface area contributed by atoms with E-state index in [4.69, 9.17) is 4.42 Å². The average Bonchev–Trinajstić information content (AvgIpc) is 2.64. The molecule has 0 amide bonds. The molecule has 1 fully saturated rings. The Morgan fingerprint density at radius 2 is 1.81 bits per heavy atom. The van der Waals surface area contributed by atoms with Crippen molar-refractivity contribution in [1.82, 2.24) is 15.1 Å². The molecule has 2 rings (SSSR count). The number of hydrogen-bond donors (Lipinski definition) is 0. The maximum Gasteiger partial charge on any atom is 0.230 e. The third-order valence-electron chi connectivity index (χ3n) is 3.11. The van der Waals surface area contributed by atoms with Crippen molar-refractivity contribution in [3.63, 3.8) is 0 Å². The van der Waals surface area contributed by atoms with E-state index in [1.807, 2.05) is 6.92 Å². The first-order chi connectivity index (χ1) is 7.67. The van der Waals surface area contributed by atoms with Gasteiger partial charge in [0.25, 0.3) is 0 Å². The Kier molecular flexibility index (Phi) is 3.59. The van der Waals surface area contributed by atoms with Crippen LogP contribution < -0.4 is 0 Å². The molecule has 2 unspecified atom stereocenters. The summed E-state index contributed by atoms with van der Waals surface area (Å²) < 4.78 is 5.54. The summed E-state index contributed by atoms with van der Waals surface area (Å²) in [5, 5.41) is 8.07. The predicted molar refractivity (Wildman–Crippen MR) is 61.9 cm³/mol. The van der Waals surface area contributed by atoms with Gasteiger partial charge in [-0.25, -0.2) is 0 Å². The number of aryl methyl sites for hydroxylation is 1. The molecule has 0 aromatic carbocycles. The molecule has 4 heteroatoms. The van der Waals surface area contributed by atoms with E-state index in [9.17, 15) is 0 Å². The minimum atomic E-state index is 0.744. The molecule has 0 aliphatic carbocycles. The molecular formula is C12H21N3O. The van der Waals surface area contributed by atoms with E-state index in [0.29, 0.717) is 0 Å². The Morgan fingerprint density at radius 3 is 2.38 bits per heavy atom. The second-order valence-electron chi connectivity index (χ2n) is 5.08. The van der Waals surface area contributed by atoms with Crippen LogP contribution in [-0.2, 0) is 13.0 Å². The molecule has 1 saturated heterocycles. The fraction of sp³-hybridized carbons (Fsp3) is 0.833. The highest BCUT2D eigenvalue weighted by molar-refractivity contribution is 4.84. The molecule has 1 aliphatic heterocycles. The first-order valence-electron chi connectivity index (χ1n) is 6.21. The van der Waals surface area contributed by atoms with Gasteiger partial charge in [0.15, 0.2) is 0 Å². The average molecular weight is 223 g/mol. The number of rotatable bonds is 3. The molecular weight excluding hydrogens is 202 g/mol. The summed E-state index contributed by atoms with van der Waals surface area (Å²) in [7, 11) is 0. The van der Waals surface area contributed by atoms with Crippen LogP contribution in [0.15, 0.2) is 4.42 Å². The lowest BCUT2D eigenvalue weighted by Crippen LogP contribution is -2.38. The highest BCUT2D eigenvalue weighted by Crippen LogP contribution is 2.22. The van der Waals surface area contributed by atoms with Crippen molar-refractivity contribution in [2.24, 2.45) is 11.8 Å². The first kappa shape index (κ1) is 11.6. The smallest absolute Gasteiger partial charge is 0.230 e. The van der Waals surface area contributed by atoms with Gasteiger partial charge in [-0.15, -0.1) is 10.2 Å².